The standard InChI is InChI=1S/C21H20BrN5O4S/c1-19(2)20(8-29-9-20)21(10-30-17(23)26-21)12-5-11(3-4-14(12)31-19)24-16(28)13-6-27-7-15(22)32-18(27)25-13/h3-7H,8-10H2,1-2H3,(H2,23,26)(H,24,28). The van der Waals surface area contributed by atoms with Crippen LogP contribution in [0.5, 0.6) is 5.75 Å². The Morgan fingerprint density at radius 1 is 1.28 bits per heavy atom. The minimum absolute atomic E-state index is 0.151. The van der Waals surface area contributed by atoms with Gasteiger partial charge in [0.2, 0.25) is 0 Å². The first-order valence-corrected chi connectivity index (χ1v) is 11.7. The number of nitrogens with one attached hydrogen (secondary N) is 1. The second-order valence-electron chi connectivity index (χ2n) is 8.80. The molecule has 1 amide bonds. The number of amides is 1. The number of benzene rings is 1. The summed E-state index contributed by atoms with van der Waals surface area (Å²) in [6.45, 7) is 5.35. The summed E-state index contributed by atoms with van der Waals surface area (Å²) in [6.07, 6.45) is 3.57. The lowest BCUT2D eigenvalue weighted by molar-refractivity contribution is -0.247. The number of rotatable bonds is 2. The molecule has 1 saturated heterocycles. The Morgan fingerprint density at radius 2 is 2.09 bits per heavy atom. The number of hydrogen-bond donors (Lipinski definition) is 2. The number of hydrogen-bond acceptors (Lipinski definition) is 8. The molecule has 5 heterocycles. The van der Waals surface area contributed by atoms with Crippen molar-refractivity contribution < 1.29 is 19.0 Å². The van der Waals surface area contributed by atoms with Gasteiger partial charge in [-0.3, -0.25) is 9.20 Å². The first-order valence-electron chi connectivity index (χ1n) is 10.1. The number of imidazole rings is 1. The Labute approximate surface area is 195 Å². The Bertz CT molecular complexity index is 1280. The fourth-order valence-electron chi connectivity index (χ4n) is 4.93. The van der Waals surface area contributed by atoms with Crippen LogP contribution in [0, 0.1) is 5.41 Å². The molecule has 3 aliphatic rings. The van der Waals surface area contributed by atoms with Gasteiger partial charge in [0.1, 0.15) is 29.2 Å². The third-order valence-corrected chi connectivity index (χ3v) is 8.25. The van der Waals surface area contributed by atoms with E-state index < -0.39 is 16.6 Å². The topological polar surface area (TPSA) is 112 Å². The zero-order valence-electron chi connectivity index (χ0n) is 17.3. The highest BCUT2D eigenvalue weighted by Gasteiger charge is 2.71. The Morgan fingerprint density at radius 3 is 2.75 bits per heavy atom. The zero-order chi connectivity index (χ0) is 22.3. The average Bonchev–Trinajstić information content (AvgIpc) is 3.34. The van der Waals surface area contributed by atoms with Crippen LogP contribution in [0.1, 0.15) is 29.9 Å². The second-order valence-corrected chi connectivity index (χ2v) is 11.2. The van der Waals surface area contributed by atoms with Crippen LogP contribution in [0.25, 0.3) is 4.96 Å². The van der Waals surface area contributed by atoms with Crippen LogP contribution >= 0.6 is 27.3 Å². The largest absolute Gasteiger partial charge is 0.487 e. The van der Waals surface area contributed by atoms with Crippen LogP contribution in [0.2, 0.25) is 0 Å². The minimum Gasteiger partial charge on any atom is -0.487 e. The highest BCUT2D eigenvalue weighted by molar-refractivity contribution is 9.11. The van der Waals surface area contributed by atoms with Crippen LogP contribution in [0.4, 0.5) is 5.69 Å². The van der Waals surface area contributed by atoms with Crippen LogP contribution in [-0.2, 0) is 15.0 Å². The first-order chi connectivity index (χ1) is 15.2. The van der Waals surface area contributed by atoms with E-state index in [4.69, 9.17) is 24.9 Å². The second kappa shape index (κ2) is 6.46. The quantitative estimate of drug-likeness (QED) is 0.539. The molecule has 0 aliphatic carbocycles. The molecule has 9 nitrogen and oxygen atoms in total. The van der Waals surface area contributed by atoms with Crippen molar-refractivity contribution in [3.05, 3.63) is 45.6 Å². The van der Waals surface area contributed by atoms with Crippen LogP contribution < -0.4 is 15.8 Å². The molecular weight excluding hydrogens is 498 g/mol. The molecule has 1 atom stereocenters. The van der Waals surface area contributed by atoms with Gasteiger partial charge >= 0.3 is 0 Å². The van der Waals surface area contributed by atoms with Crippen molar-refractivity contribution in [3.8, 4) is 5.75 Å². The number of aliphatic imine (C=N–C) groups is 1. The fourth-order valence-corrected chi connectivity index (χ4v) is 6.28. The summed E-state index contributed by atoms with van der Waals surface area (Å²) in [5.41, 5.74) is 6.03. The van der Waals surface area contributed by atoms with Crippen molar-refractivity contribution in [2.75, 3.05) is 25.1 Å². The summed E-state index contributed by atoms with van der Waals surface area (Å²) in [5, 5.41) is 2.95. The maximum atomic E-state index is 12.9. The number of carbonyl (C=O) groups is 1. The monoisotopic (exact) mass is 517 g/mol. The average molecular weight is 518 g/mol. The number of carbonyl (C=O) groups excluding carboxylic acids is 1. The maximum absolute atomic E-state index is 12.9. The molecule has 1 unspecified atom stereocenters. The first kappa shape index (κ1) is 20.0. The number of fused-ring (bicyclic) bond motifs is 4. The van der Waals surface area contributed by atoms with Crippen molar-refractivity contribution in [1.29, 1.82) is 0 Å². The Hall–Kier alpha value is -2.63. The third-order valence-electron chi connectivity index (χ3n) is 6.78. The minimum atomic E-state index is -0.754. The SMILES string of the molecule is CC1(C)Oc2ccc(NC(=O)c3cn4cc(Br)sc4n3)cc2C2(COC(N)=N2)C12COC2. The van der Waals surface area contributed by atoms with Crippen molar-refractivity contribution in [2.24, 2.45) is 16.1 Å². The summed E-state index contributed by atoms with van der Waals surface area (Å²) in [6, 6.07) is 5.71. The molecule has 6 rings (SSSR count). The van der Waals surface area contributed by atoms with Gasteiger partial charge in [-0.1, -0.05) is 11.3 Å². The van der Waals surface area contributed by atoms with Crippen molar-refractivity contribution in [3.63, 3.8) is 0 Å². The predicted octanol–water partition coefficient (Wildman–Crippen LogP) is 3.14. The third kappa shape index (κ3) is 2.55. The van der Waals surface area contributed by atoms with E-state index in [2.05, 4.69) is 26.2 Å². The molecule has 166 valence electrons. The molecule has 1 fully saturated rings. The van der Waals surface area contributed by atoms with E-state index in [0.717, 1.165) is 14.3 Å². The molecule has 1 aromatic carbocycles. The van der Waals surface area contributed by atoms with Gasteiger partial charge in [-0.05, 0) is 48.0 Å². The molecular formula is C21H20BrN5O4S. The predicted molar refractivity (Wildman–Crippen MR) is 122 cm³/mol. The Balaban J connectivity index is 1.39. The van der Waals surface area contributed by atoms with E-state index >= 15 is 0 Å². The number of halogens is 1. The van der Waals surface area contributed by atoms with E-state index in [1.807, 2.05) is 42.6 Å². The van der Waals surface area contributed by atoms with E-state index in [-0.39, 0.29) is 11.9 Å². The number of thiazole rings is 1. The number of nitrogens with two attached hydrogens (primary N) is 1. The molecule has 2 aromatic heterocycles. The number of aromatic nitrogens is 2. The summed E-state index contributed by atoms with van der Waals surface area (Å²) < 4.78 is 20.5. The summed E-state index contributed by atoms with van der Waals surface area (Å²) in [7, 11) is 0. The molecule has 0 saturated carbocycles. The summed E-state index contributed by atoms with van der Waals surface area (Å²) in [4.78, 5) is 22.8. The van der Waals surface area contributed by atoms with Crippen molar-refractivity contribution >= 4 is 49.8 Å². The van der Waals surface area contributed by atoms with Gasteiger partial charge in [-0.25, -0.2) is 9.98 Å². The van der Waals surface area contributed by atoms with Crippen LogP contribution in [0.15, 0.2) is 39.4 Å². The number of ether oxygens (including phenoxy) is 3. The maximum Gasteiger partial charge on any atom is 0.283 e. The van der Waals surface area contributed by atoms with Gasteiger partial charge < -0.3 is 25.3 Å². The van der Waals surface area contributed by atoms with Crippen LogP contribution in [-0.4, -0.2) is 46.7 Å². The highest BCUT2D eigenvalue weighted by atomic mass is 79.9. The van der Waals surface area contributed by atoms with E-state index in [9.17, 15) is 4.79 Å². The number of anilines is 1. The van der Waals surface area contributed by atoms with E-state index in [1.165, 1.54) is 11.3 Å². The van der Waals surface area contributed by atoms with E-state index in [1.54, 1.807) is 6.20 Å². The molecule has 0 radical (unpaired) electrons. The lowest BCUT2D eigenvalue weighted by Crippen LogP contribution is -2.71. The van der Waals surface area contributed by atoms with Gasteiger partial charge in [-0.2, -0.15) is 0 Å². The van der Waals surface area contributed by atoms with Gasteiger partial charge in [0.05, 0.1) is 22.4 Å². The molecule has 32 heavy (non-hydrogen) atoms. The molecule has 3 N–H and O–H groups in total. The normalized spacial score (nSPS) is 24.5. The Kier molecular flexibility index (Phi) is 4.04. The summed E-state index contributed by atoms with van der Waals surface area (Å²) in [5.74, 6) is 0.399. The smallest absolute Gasteiger partial charge is 0.283 e. The molecule has 3 aromatic rings. The lowest BCUT2D eigenvalue weighted by Gasteiger charge is -2.61. The molecule has 0 bridgehead atoms. The van der Waals surface area contributed by atoms with Gasteiger partial charge in [0.25, 0.3) is 11.9 Å². The zero-order valence-corrected chi connectivity index (χ0v) is 19.7. The highest BCUT2D eigenvalue weighted by Crippen LogP contribution is 2.62. The molecule has 2 spiro atoms. The molecule has 11 heteroatoms. The van der Waals surface area contributed by atoms with Crippen LogP contribution in [0.3, 0.4) is 0 Å². The number of amidine groups is 1. The van der Waals surface area contributed by atoms with Gasteiger partial charge in [0.15, 0.2) is 4.96 Å². The van der Waals surface area contributed by atoms with Gasteiger partial charge in [0, 0.05) is 23.6 Å². The fraction of sp³-hybridized carbons (Fsp3) is 0.381. The summed E-state index contributed by atoms with van der Waals surface area (Å²) >= 11 is 4.88. The van der Waals surface area contributed by atoms with E-state index in [0.29, 0.717) is 37.0 Å². The number of nitrogens with zero attached hydrogens (tertiary/aromatic N) is 3. The lowest BCUT2D eigenvalue weighted by atomic mass is 9.55. The van der Waals surface area contributed by atoms with Gasteiger partial charge in [-0.15, -0.1) is 0 Å². The van der Waals surface area contributed by atoms with Crippen molar-refractivity contribution in [1.82, 2.24) is 9.38 Å². The molecule has 3 aliphatic heterocycles. The van der Waals surface area contributed by atoms with Crippen molar-refractivity contribution in [2.45, 2.75) is 25.0 Å².